The number of carbonyl (C=O) groups is 1. The van der Waals surface area contributed by atoms with Gasteiger partial charge in [0.1, 0.15) is 0 Å². The van der Waals surface area contributed by atoms with E-state index in [0.717, 1.165) is 54.6 Å². The maximum absolute atomic E-state index is 13.3. The Bertz CT molecular complexity index is 1870. The molecule has 0 amide bonds. The third-order valence-corrected chi connectivity index (χ3v) is 13.2. The van der Waals surface area contributed by atoms with E-state index in [1.165, 1.54) is 18.2 Å². The van der Waals surface area contributed by atoms with E-state index < -0.39 is 36.1 Å². The number of halogens is 6. The summed E-state index contributed by atoms with van der Waals surface area (Å²) in [5.41, 5.74) is 2.34. The normalized spacial score (nSPS) is 12.6. The summed E-state index contributed by atoms with van der Waals surface area (Å²) in [6, 6.07) is 19.1. The van der Waals surface area contributed by atoms with Gasteiger partial charge in [0.2, 0.25) is 0 Å². The van der Waals surface area contributed by atoms with Gasteiger partial charge in [0.25, 0.3) is 0 Å². The van der Waals surface area contributed by atoms with Crippen molar-refractivity contribution in [2.24, 2.45) is 0 Å². The Morgan fingerprint density at radius 1 is 0.894 bits per heavy atom. The fourth-order valence-corrected chi connectivity index (χ4v) is 10.7. The first-order chi connectivity index (χ1) is 22.2. The van der Waals surface area contributed by atoms with Gasteiger partial charge in [0.15, 0.2) is 0 Å². The number of hydrogen-bond donors (Lipinski definition) is 1. The quantitative estimate of drug-likeness (QED) is 0.119. The van der Waals surface area contributed by atoms with Crippen LogP contribution in [0, 0.1) is 13.8 Å². The summed E-state index contributed by atoms with van der Waals surface area (Å²) in [5.74, 6) is -0.619. The Labute approximate surface area is 278 Å². The van der Waals surface area contributed by atoms with Gasteiger partial charge in [-0.2, -0.15) is 0 Å². The van der Waals surface area contributed by atoms with E-state index in [9.17, 15) is 31.1 Å². The fraction of sp³-hybridized carbons (Fsp3) is 0.206. The van der Waals surface area contributed by atoms with Crippen LogP contribution in [0.25, 0.3) is 21.4 Å². The minimum atomic E-state index is -4.47. The molecule has 13 heteroatoms. The number of alkyl halides is 6. The number of aliphatic carboxylic acids is 1. The summed E-state index contributed by atoms with van der Waals surface area (Å²) in [4.78, 5) is 20.2. The van der Waals surface area contributed by atoms with Gasteiger partial charge < -0.3 is 0 Å². The predicted molar refractivity (Wildman–Crippen MR) is 167 cm³/mol. The average molecular weight is 783 g/mol. The van der Waals surface area contributed by atoms with E-state index in [4.69, 9.17) is 14.8 Å². The van der Waals surface area contributed by atoms with Crippen molar-refractivity contribution in [1.82, 2.24) is 9.97 Å². The molecule has 0 aliphatic carbocycles. The topological polar surface area (TPSA) is 72.3 Å². The molecule has 0 fully saturated rings. The molecule has 1 atom stereocenters. The molecule has 0 spiro atoms. The molecule has 0 saturated heterocycles. The van der Waals surface area contributed by atoms with Crippen molar-refractivity contribution in [1.29, 1.82) is 0 Å². The Kier molecular flexibility index (Phi) is 10.3. The molecule has 244 valence electrons. The van der Waals surface area contributed by atoms with Crippen LogP contribution in [0.3, 0.4) is 0 Å². The molecular formula is C34H26F6N2O3Se2. The number of aromatic nitrogens is 2. The first kappa shape index (κ1) is 34.4. The number of rotatable bonds is 10. The molecule has 3 aromatic carbocycles. The van der Waals surface area contributed by atoms with Crippen molar-refractivity contribution in [2.45, 2.75) is 37.4 Å². The van der Waals surface area contributed by atoms with Gasteiger partial charge >= 0.3 is 279 Å². The number of ether oxygens (including phenoxy) is 1. The standard InChI is InChI=1S/C34H26F6N2O3Se2/c1-19-14-26(11-13-28(19)45-18-30(43)44)46-29(31-20(2)42-32(47-31)22-7-9-24(10-8-22)33(35,36)37)15-21-6-12-27(41-17-21)23-4-3-5-25(16-23)34(38,39)40/h3-14,16-17,29H,15,18H2,1-2H3,(H,43,44). The van der Waals surface area contributed by atoms with Crippen LogP contribution in [-0.2, 0) is 23.6 Å². The molecule has 0 aliphatic rings. The van der Waals surface area contributed by atoms with Crippen molar-refractivity contribution in [2.75, 3.05) is 6.61 Å². The molecule has 0 radical (unpaired) electrons. The maximum atomic E-state index is 13.3. The van der Waals surface area contributed by atoms with Gasteiger partial charge in [0, 0.05) is 0 Å². The molecule has 47 heavy (non-hydrogen) atoms. The molecule has 5 nitrogen and oxygen atoms in total. The summed E-state index contributed by atoms with van der Waals surface area (Å²) in [6.45, 7) is 3.26. The first-order valence-electron chi connectivity index (χ1n) is 14.1. The van der Waals surface area contributed by atoms with E-state index in [0.29, 0.717) is 29.0 Å². The van der Waals surface area contributed by atoms with Crippen molar-refractivity contribution in [3.63, 3.8) is 0 Å². The number of nitrogens with zero attached hydrogens (tertiary/aromatic N) is 2. The van der Waals surface area contributed by atoms with Crippen molar-refractivity contribution < 1.29 is 41.0 Å². The molecule has 2 heterocycles. The van der Waals surface area contributed by atoms with E-state index in [1.54, 1.807) is 24.4 Å². The SMILES string of the molecule is Cc1cc([Se]C(Cc2ccc(-c3cccc(C(F)(F)F)c3)nc2)c2[se]c(-c3ccc(C(F)(F)F)cc3)nc2C)ccc1OCC(=O)O. The Balaban J connectivity index is 1.45. The monoisotopic (exact) mass is 784 g/mol. The number of carboxylic acids is 1. The molecule has 0 saturated carbocycles. The van der Waals surface area contributed by atoms with E-state index in [1.807, 2.05) is 32.0 Å². The van der Waals surface area contributed by atoms with Gasteiger partial charge in [-0.25, -0.2) is 0 Å². The molecule has 1 N–H and O–H groups in total. The Morgan fingerprint density at radius 2 is 1.62 bits per heavy atom. The second-order valence-electron chi connectivity index (χ2n) is 10.6. The average Bonchev–Trinajstić information content (AvgIpc) is 3.41. The molecule has 5 aromatic rings. The number of aryl methyl sites for hydroxylation is 2. The van der Waals surface area contributed by atoms with E-state index >= 15 is 0 Å². The van der Waals surface area contributed by atoms with Crippen LogP contribution in [-0.4, -0.2) is 57.1 Å². The Hall–Kier alpha value is -3.89. The van der Waals surface area contributed by atoms with Gasteiger partial charge in [-0.1, -0.05) is 0 Å². The number of benzene rings is 3. The van der Waals surface area contributed by atoms with E-state index in [-0.39, 0.29) is 34.3 Å². The number of carboxylic acid groups (broad SMARTS) is 1. The van der Waals surface area contributed by atoms with Crippen molar-refractivity contribution >= 4 is 39.9 Å². The molecule has 0 bridgehead atoms. The van der Waals surface area contributed by atoms with Crippen LogP contribution in [0.2, 0.25) is 0 Å². The summed E-state index contributed by atoms with van der Waals surface area (Å²) in [6.07, 6.45) is -6.70. The molecule has 2 aromatic heterocycles. The summed E-state index contributed by atoms with van der Waals surface area (Å²) < 4.78 is 87.4. The zero-order chi connectivity index (χ0) is 33.9. The van der Waals surface area contributed by atoms with Gasteiger partial charge in [-0.05, 0) is 0 Å². The molecule has 0 aliphatic heterocycles. The third-order valence-electron chi connectivity index (χ3n) is 7.09. The van der Waals surface area contributed by atoms with Crippen LogP contribution in [0.1, 0.15) is 37.2 Å². The zero-order valence-corrected chi connectivity index (χ0v) is 28.2. The summed E-state index contributed by atoms with van der Waals surface area (Å²) >= 11 is -0.444. The second-order valence-corrected chi connectivity index (χ2v) is 15.4. The minimum absolute atomic E-state index is 0.0235. The molecular weight excluding hydrogens is 756 g/mol. The van der Waals surface area contributed by atoms with Crippen LogP contribution in [0.15, 0.2) is 85.1 Å². The van der Waals surface area contributed by atoms with E-state index in [2.05, 4.69) is 4.98 Å². The fourth-order valence-electron chi connectivity index (χ4n) is 4.77. The molecule has 5 rings (SSSR count). The molecule has 1 unspecified atom stereocenters. The Morgan fingerprint density at radius 3 is 2.23 bits per heavy atom. The van der Waals surface area contributed by atoms with Gasteiger partial charge in [0.05, 0.1) is 0 Å². The summed E-state index contributed by atoms with van der Waals surface area (Å²) in [7, 11) is 0. The summed E-state index contributed by atoms with van der Waals surface area (Å²) in [5, 5.41) is 8.97. The third kappa shape index (κ3) is 8.73. The predicted octanol–water partition coefficient (Wildman–Crippen LogP) is 7.30. The second kappa shape index (κ2) is 14.1. The van der Waals surface area contributed by atoms with Gasteiger partial charge in [-0.3, -0.25) is 0 Å². The zero-order valence-electron chi connectivity index (χ0n) is 24.8. The van der Waals surface area contributed by atoms with Gasteiger partial charge in [-0.15, -0.1) is 0 Å². The van der Waals surface area contributed by atoms with Crippen LogP contribution >= 0.6 is 0 Å². The number of hydrogen-bond acceptors (Lipinski definition) is 4. The van der Waals surface area contributed by atoms with Crippen LogP contribution in [0.5, 0.6) is 5.75 Å². The first-order valence-corrected chi connectivity index (χ1v) is 17.6. The van der Waals surface area contributed by atoms with Crippen LogP contribution < -0.4 is 9.20 Å². The van der Waals surface area contributed by atoms with Crippen molar-refractivity contribution in [3.8, 4) is 27.1 Å². The van der Waals surface area contributed by atoms with Crippen LogP contribution in [0.4, 0.5) is 26.3 Å². The number of pyridine rings is 1. The van der Waals surface area contributed by atoms with Crippen molar-refractivity contribution in [3.05, 3.63) is 117 Å².